The molecule has 8 nitrogen and oxygen atoms in total. The number of phenols is 1. The molecule has 0 radical (unpaired) electrons. The predicted molar refractivity (Wildman–Crippen MR) is 103 cm³/mol. The number of methoxy groups -OCH3 is 1. The van der Waals surface area contributed by atoms with E-state index in [0.29, 0.717) is 16.4 Å². The van der Waals surface area contributed by atoms with Crippen LogP contribution < -0.4 is 4.74 Å². The van der Waals surface area contributed by atoms with Crippen LogP contribution in [0.15, 0.2) is 17.8 Å². The zero-order chi connectivity index (χ0) is 19.7. The van der Waals surface area contributed by atoms with Crippen LogP contribution in [0.3, 0.4) is 0 Å². The topological polar surface area (TPSA) is 96.2 Å². The highest BCUT2D eigenvalue weighted by Gasteiger charge is 2.40. The van der Waals surface area contributed by atoms with E-state index in [4.69, 9.17) is 17.0 Å². The smallest absolute Gasteiger partial charge is 0.315 e. The number of nitrogens with zero attached hydrogens (tertiary/aromatic N) is 3. The number of carbonyl (C=O) groups is 1. The van der Waals surface area contributed by atoms with Crippen molar-refractivity contribution < 1.29 is 19.6 Å². The molecule has 1 aliphatic carbocycles. The van der Waals surface area contributed by atoms with E-state index in [0.717, 1.165) is 25.7 Å². The molecule has 9 heteroatoms. The van der Waals surface area contributed by atoms with E-state index in [1.54, 1.807) is 16.8 Å². The average molecular weight is 391 g/mol. The Bertz CT molecular complexity index is 833. The van der Waals surface area contributed by atoms with E-state index in [1.165, 1.54) is 31.7 Å². The molecule has 144 valence electrons. The van der Waals surface area contributed by atoms with Crippen LogP contribution in [0, 0.1) is 10.1 Å². The number of hydrogen-bond acceptors (Lipinski definition) is 6. The Morgan fingerprint density at radius 3 is 2.59 bits per heavy atom. The number of aromatic hydroxyl groups is 1. The van der Waals surface area contributed by atoms with Gasteiger partial charge in [-0.05, 0) is 42.8 Å². The van der Waals surface area contributed by atoms with E-state index in [-0.39, 0.29) is 17.7 Å². The average Bonchev–Trinajstić information content (AvgIpc) is 2.86. The number of phenolic OH excluding ortho intramolecular Hbond substituents is 1. The summed E-state index contributed by atoms with van der Waals surface area (Å²) in [7, 11) is 3.02. The molecule has 3 rings (SSSR count). The lowest BCUT2D eigenvalue weighted by molar-refractivity contribution is -0.386. The lowest BCUT2D eigenvalue weighted by atomic mass is 9.94. The summed E-state index contributed by atoms with van der Waals surface area (Å²) in [5, 5.41) is 21.5. The summed E-state index contributed by atoms with van der Waals surface area (Å²) >= 11 is 5.47. The fourth-order valence-corrected chi connectivity index (χ4v) is 3.92. The number of likely N-dealkylation sites (N-methyl/N-ethyl adjacent to an activating group) is 1. The molecule has 1 aromatic rings. The van der Waals surface area contributed by atoms with E-state index < -0.39 is 16.4 Å². The van der Waals surface area contributed by atoms with Gasteiger partial charge in [-0.2, -0.15) is 0 Å². The van der Waals surface area contributed by atoms with Gasteiger partial charge in [-0.3, -0.25) is 19.8 Å². The molecule has 2 aliphatic rings. The predicted octanol–water partition coefficient (Wildman–Crippen LogP) is 3.04. The van der Waals surface area contributed by atoms with Crippen molar-refractivity contribution in [1.82, 2.24) is 9.80 Å². The molecule has 1 N–H and O–H groups in total. The van der Waals surface area contributed by atoms with Gasteiger partial charge in [0.25, 0.3) is 5.91 Å². The third-order valence-corrected chi connectivity index (χ3v) is 5.50. The molecule has 27 heavy (non-hydrogen) atoms. The zero-order valence-electron chi connectivity index (χ0n) is 15.2. The summed E-state index contributed by atoms with van der Waals surface area (Å²) in [6.07, 6.45) is 6.69. The molecule has 1 aromatic carbocycles. The molecule has 1 aliphatic heterocycles. The maximum Gasteiger partial charge on any atom is 0.315 e. The van der Waals surface area contributed by atoms with Gasteiger partial charge < -0.3 is 14.7 Å². The van der Waals surface area contributed by atoms with Crippen LogP contribution in [-0.2, 0) is 4.79 Å². The number of rotatable bonds is 4. The maximum atomic E-state index is 13.0. The lowest BCUT2D eigenvalue weighted by Crippen LogP contribution is -2.41. The van der Waals surface area contributed by atoms with E-state index >= 15 is 0 Å². The van der Waals surface area contributed by atoms with Gasteiger partial charge in [0.1, 0.15) is 5.70 Å². The fraction of sp³-hybridized carbons (Fsp3) is 0.444. The number of ether oxygens (including phenoxy) is 1. The van der Waals surface area contributed by atoms with Crippen LogP contribution in [-0.4, -0.2) is 51.0 Å². The van der Waals surface area contributed by atoms with Crippen molar-refractivity contribution >= 4 is 35.0 Å². The van der Waals surface area contributed by atoms with Gasteiger partial charge in [-0.1, -0.05) is 19.3 Å². The van der Waals surface area contributed by atoms with Gasteiger partial charge in [0.15, 0.2) is 10.9 Å². The summed E-state index contributed by atoms with van der Waals surface area (Å²) in [5.41, 5.74) is 0.230. The number of benzene rings is 1. The van der Waals surface area contributed by atoms with Crippen molar-refractivity contribution in [2.45, 2.75) is 38.1 Å². The van der Waals surface area contributed by atoms with Crippen LogP contribution >= 0.6 is 12.2 Å². The molecule has 0 spiro atoms. The first kappa shape index (κ1) is 19.1. The van der Waals surface area contributed by atoms with E-state index in [1.807, 2.05) is 0 Å². The normalized spacial score (nSPS) is 19.9. The number of nitro benzene ring substituents is 1. The summed E-state index contributed by atoms with van der Waals surface area (Å²) < 4.78 is 5.01. The molecule has 0 bridgehead atoms. The summed E-state index contributed by atoms with van der Waals surface area (Å²) in [6.45, 7) is 0. The summed E-state index contributed by atoms with van der Waals surface area (Å²) in [6, 6.07) is 2.75. The quantitative estimate of drug-likeness (QED) is 0.365. The monoisotopic (exact) mass is 391 g/mol. The highest BCUT2D eigenvalue weighted by atomic mass is 32.1. The van der Waals surface area contributed by atoms with Gasteiger partial charge in [-0.25, -0.2) is 0 Å². The molecule has 0 atom stereocenters. The second-order valence-electron chi connectivity index (χ2n) is 6.69. The Hall–Kier alpha value is -2.68. The van der Waals surface area contributed by atoms with Gasteiger partial charge >= 0.3 is 5.69 Å². The van der Waals surface area contributed by atoms with Crippen LogP contribution in [0.4, 0.5) is 5.69 Å². The molecule has 1 amide bonds. The number of hydrogen-bond donors (Lipinski definition) is 1. The number of amides is 1. The van der Waals surface area contributed by atoms with Crippen LogP contribution in [0.2, 0.25) is 0 Å². The molecule has 0 aromatic heterocycles. The van der Waals surface area contributed by atoms with Crippen molar-refractivity contribution in [3.63, 3.8) is 0 Å². The number of thiocarbonyl (C=S) groups is 1. The molecule has 0 unspecified atom stereocenters. The minimum Gasteiger partial charge on any atom is -0.500 e. The van der Waals surface area contributed by atoms with Gasteiger partial charge in [-0.15, -0.1) is 0 Å². The molecular weight excluding hydrogens is 370 g/mol. The molecule has 1 saturated heterocycles. The Labute approximate surface area is 162 Å². The third-order valence-electron chi connectivity index (χ3n) is 5.03. The minimum absolute atomic E-state index is 0.0316. The third kappa shape index (κ3) is 3.46. The Balaban J connectivity index is 1.99. The van der Waals surface area contributed by atoms with Crippen LogP contribution in [0.5, 0.6) is 11.5 Å². The van der Waals surface area contributed by atoms with E-state index in [2.05, 4.69) is 0 Å². The van der Waals surface area contributed by atoms with Crippen molar-refractivity contribution in [1.29, 1.82) is 0 Å². The SMILES string of the molecule is COc1cc(/C=C2/C(=O)N(C3CCCCC3)C(=S)N2C)cc([N+](=O)[O-])c1O. The van der Waals surface area contributed by atoms with Crippen LogP contribution in [0.1, 0.15) is 37.7 Å². The van der Waals surface area contributed by atoms with Crippen molar-refractivity contribution in [2.24, 2.45) is 0 Å². The first-order valence-electron chi connectivity index (χ1n) is 8.73. The van der Waals surface area contributed by atoms with Crippen molar-refractivity contribution in [3.05, 3.63) is 33.5 Å². The molecular formula is C18H21N3O5S. The Kier molecular flexibility index (Phi) is 5.31. The highest BCUT2D eigenvalue weighted by Crippen LogP contribution is 2.38. The zero-order valence-corrected chi connectivity index (χ0v) is 16.0. The molecule has 1 saturated carbocycles. The summed E-state index contributed by atoms with van der Waals surface area (Å²) in [4.78, 5) is 26.8. The Morgan fingerprint density at radius 2 is 2.00 bits per heavy atom. The minimum atomic E-state index is -0.695. The first-order chi connectivity index (χ1) is 12.8. The van der Waals surface area contributed by atoms with E-state index in [9.17, 15) is 20.0 Å². The Morgan fingerprint density at radius 1 is 1.33 bits per heavy atom. The number of nitro groups is 1. The fourth-order valence-electron chi connectivity index (χ4n) is 3.59. The number of carbonyl (C=O) groups excluding carboxylic acids is 1. The second kappa shape index (κ2) is 7.51. The summed E-state index contributed by atoms with van der Waals surface area (Å²) in [5.74, 6) is -0.782. The van der Waals surface area contributed by atoms with Gasteiger partial charge in [0.05, 0.1) is 12.0 Å². The lowest BCUT2D eigenvalue weighted by Gasteiger charge is -2.30. The molecule has 2 fully saturated rings. The maximum absolute atomic E-state index is 13.0. The standard InChI is InChI=1S/C18H21N3O5S/c1-19-14(17(23)20(18(19)27)12-6-4-3-5-7-12)9-11-8-13(21(24)25)16(22)15(10-11)26-2/h8-10,12,22H,3-7H2,1-2H3/b14-9-. The highest BCUT2D eigenvalue weighted by molar-refractivity contribution is 7.80. The van der Waals surface area contributed by atoms with Gasteiger partial charge in [0, 0.05) is 19.2 Å². The largest absolute Gasteiger partial charge is 0.500 e. The van der Waals surface area contributed by atoms with Crippen molar-refractivity contribution in [2.75, 3.05) is 14.2 Å². The van der Waals surface area contributed by atoms with Crippen LogP contribution in [0.25, 0.3) is 6.08 Å². The van der Waals surface area contributed by atoms with Gasteiger partial charge in [0.2, 0.25) is 5.75 Å². The van der Waals surface area contributed by atoms with Crippen molar-refractivity contribution in [3.8, 4) is 11.5 Å². The first-order valence-corrected chi connectivity index (χ1v) is 9.14. The molecule has 1 heterocycles. The second-order valence-corrected chi connectivity index (χ2v) is 7.05.